The van der Waals surface area contributed by atoms with Crippen molar-refractivity contribution in [2.24, 2.45) is 5.41 Å². The molecule has 0 N–H and O–H groups in total. The zero-order valence-electron chi connectivity index (χ0n) is 18.7. The summed E-state index contributed by atoms with van der Waals surface area (Å²) in [7, 11) is 3.83. The number of hydrogen-bond acceptors (Lipinski definition) is 7. The molecule has 3 unspecified atom stereocenters. The predicted molar refractivity (Wildman–Crippen MR) is 115 cm³/mol. The van der Waals surface area contributed by atoms with Gasteiger partial charge in [0.15, 0.2) is 5.41 Å². The van der Waals surface area contributed by atoms with Crippen LogP contribution in [0.2, 0.25) is 0 Å². The Bertz CT molecular complexity index is 697. The highest BCUT2D eigenvalue weighted by Crippen LogP contribution is 2.38. The summed E-state index contributed by atoms with van der Waals surface area (Å²) in [5.74, 6) is -1.17. The van der Waals surface area contributed by atoms with Crippen LogP contribution in [0.25, 0.3) is 0 Å². The zero-order valence-corrected chi connectivity index (χ0v) is 18.7. The molecule has 3 rings (SSSR count). The fourth-order valence-corrected chi connectivity index (χ4v) is 4.12. The fourth-order valence-electron chi connectivity index (χ4n) is 4.12. The van der Waals surface area contributed by atoms with Crippen molar-refractivity contribution < 1.29 is 28.5 Å². The Morgan fingerprint density at radius 1 is 1.00 bits per heavy atom. The van der Waals surface area contributed by atoms with Gasteiger partial charge in [0.05, 0.1) is 12.7 Å². The maximum absolute atomic E-state index is 13.6. The molecule has 3 atom stereocenters. The van der Waals surface area contributed by atoms with E-state index in [-0.39, 0.29) is 13.0 Å². The van der Waals surface area contributed by atoms with Crippen molar-refractivity contribution in [1.82, 2.24) is 4.90 Å². The lowest BCUT2D eigenvalue weighted by Crippen LogP contribution is -2.54. The lowest BCUT2D eigenvalue weighted by atomic mass is 9.75. The Hall–Kier alpha value is -1.96. The van der Waals surface area contributed by atoms with Crippen LogP contribution in [0.15, 0.2) is 30.3 Å². The monoisotopic (exact) mass is 433 g/mol. The smallest absolute Gasteiger partial charge is 0.328 e. The van der Waals surface area contributed by atoms with Crippen molar-refractivity contribution in [3.8, 4) is 0 Å². The molecule has 1 aromatic rings. The third-order valence-corrected chi connectivity index (χ3v) is 6.00. The molecule has 172 valence electrons. The Morgan fingerprint density at radius 2 is 1.71 bits per heavy atom. The van der Waals surface area contributed by atoms with Gasteiger partial charge in [-0.15, -0.1) is 0 Å². The summed E-state index contributed by atoms with van der Waals surface area (Å²) in [5.41, 5.74) is -0.647. The summed E-state index contributed by atoms with van der Waals surface area (Å²) in [6.07, 6.45) is 4.03. The van der Waals surface area contributed by atoms with Crippen molar-refractivity contribution in [3.63, 3.8) is 0 Å². The van der Waals surface area contributed by atoms with Crippen molar-refractivity contribution in [2.75, 3.05) is 33.9 Å². The van der Waals surface area contributed by atoms with Gasteiger partial charge in [-0.1, -0.05) is 30.3 Å². The summed E-state index contributed by atoms with van der Waals surface area (Å²) in [5, 5.41) is 0. The van der Waals surface area contributed by atoms with Gasteiger partial charge in [-0.05, 0) is 64.7 Å². The molecule has 0 radical (unpaired) electrons. The highest BCUT2D eigenvalue weighted by molar-refractivity contribution is 6.01. The molecule has 2 aliphatic rings. The largest absolute Gasteiger partial charge is 0.460 e. The molecule has 0 bridgehead atoms. The molecule has 7 heteroatoms. The first kappa shape index (κ1) is 23.7. The highest BCUT2D eigenvalue weighted by atomic mass is 16.7. The van der Waals surface area contributed by atoms with E-state index in [9.17, 15) is 9.59 Å². The number of nitrogens with zero attached hydrogens (tertiary/aromatic N) is 1. The molecule has 1 aromatic carbocycles. The number of carbonyl (C=O) groups excluding carboxylic acids is 2. The average molecular weight is 434 g/mol. The summed E-state index contributed by atoms with van der Waals surface area (Å²) in [4.78, 5) is 29.1. The number of hydrogen-bond donors (Lipinski definition) is 0. The van der Waals surface area contributed by atoms with E-state index in [1.807, 2.05) is 49.3 Å². The molecule has 0 aromatic heterocycles. The van der Waals surface area contributed by atoms with Crippen molar-refractivity contribution in [3.05, 3.63) is 35.9 Å². The molecule has 7 nitrogen and oxygen atoms in total. The normalized spacial score (nSPS) is 23.7. The summed E-state index contributed by atoms with van der Waals surface area (Å²) < 4.78 is 23.1. The number of benzene rings is 1. The van der Waals surface area contributed by atoms with Crippen LogP contribution < -0.4 is 0 Å². The van der Waals surface area contributed by atoms with Crippen molar-refractivity contribution in [1.29, 1.82) is 0 Å². The Kier molecular flexibility index (Phi) is 8.87. The molecule has 0 spiro atoms. The van der Waals surface area contributed by atoms with Crippen molar-refractivity contribution >= 4 is 11.9 Å². The van der Waals surface area contributed by atoms with E-state index in [0.29, 0.717) is 32.6 Å². The molecule has 31 heavy (non-hydrogen) atoms. The standard InChI is InChI=1S/C24H35NO6/c1-25(2)15-14-24(20-12-6-8-16-28-20,23(27)31-21-13-7-9-17-29-21)22(26)30-18-19-10-4-3-5-11-19/h3-5,10-11,20-21H,6-9,12-18H2,1-2H3. The highest BCUT2D eigenvalue weighted by Gasteiger charge is 2.56. The van der Waals surface area contributed by atoms with Crippen LogP contribution in [0.1, 0.15) is 50.5 Å². The van der Waals surface area contributed by atoms with Crippen molar-refractivity contribution in [2.45, 2.75) is 63.9 Å². The first-order chi connectivity index (χ1) is 15.0. The molecule has 2 fully saturated rings. The van der Waals surface area contributed by atoms with E-state index < -0.39 is 29.7 Å². The maximum Gasteiger partial charge on any atom is 0.328 e. The van der Waals surface area contributed by atoms with Gasteiger partial charge in [0, 0.05) is 13.0 Å². The molecule has 2 saturated heterocycles. The van der Waals surface area contributed by atoms with Gasteiger partial charge in [-0.2, -0.15) is 0 Å². The summed E-state index contributed by atoms with van der Waals surface area (Å²) >= 11 is 0. The van der Waals surface area contributed by atoms with Crippen LogP contribution in [0.5, 0.6) is 0 Å². The number of esters is 2. The van der Waals surface area contributed by atoms with Gasteiger partial charge in [-0.3, -0.25) is 9.59 Å². The molecule has 2 aliphatic heterocycles. The molecule has 0 amide bonds. The van der Waals surface area contributed by atoms with Crippen LogP contribution in [0.3, 0.4) is 0 Å². The third-order valence-electron chi connectivity index (χ3n) is 6.00. The minimum atomic E-state index is -1.51. The molecular formula is C24H35NO6. The van der Waals surface area contributed by atoms with E-state index in [2.05, 4.69) is 0 Å². The Balaban J connectivity index is 1.85. The summed E-state index contributed by atoms with van der Waals surface area (Å²) in [6.45, 7) is 1.71. The number of rotatable bonds is 9. The maximum atomic E-state index is 13.6. The van der Waals surface area contributed by atoms with E-state index in [1.54, 1.807) is 0 Å². The van der Waals surface area contributed by atoms with Crippen LogP contribution in [-0.2, 0) is 35.1 Å². The first-order valence-corrected chi connectivity index (χ1v) is 11.3. The second-order valence-electron chi connectivity index (χ2n) is 8.64. The Morgan fingerprint density at radius 3 is 2.32 bits per heavy atom. The van der Waals surface area contributed by atoms with E-state index in [0.717, 1.165) is 31.2 Å². The van der Waals surface area contributed by atoms with Crippen LogP contribution in [0, 0.1) is 5.41 Å². The van der Waals surface area contributed by atoms with Crippen LogP contribution in [-0.4, -0.2) is 63.1 Å². The molecule has 2 heterocycles. The quantitative estimate of drug-likeness (QED) is 0.437. The topological polar surface area (TPSA) is 74.3 Å². The van der Waals surface area contributed by atoms with Gasteiger partial charge < -0.3 is 23.8 Å². The lowest BCUT2D eigenvalue weighted by Gasteiger charge is -2.39. The van der Waals surface area contributed by atoms with Gasteiger partial charge >= 0.3 is 11.9 Å². The number of ether oxygens (including phenoxy) is 4. The van der Waals surface area contributed by atoms with Gasteiger partial charge in [-0.25, -0.2) is 0 Å². The second-order valence-corrected chi connectivity index (χ2v) is 8.64. The average Bonchev–Trinajstić information content (AvgIpc) is 2.80. The third kappa shape index (κ3) is 6.28. The SMILES string of the molecule is CN(C)CCC(C(=O)OCc1ccccc1)(C(=O)OC1CCCCO1)C1CCCCO1. The second kappa shape index (κ2) is 11.6. The minimum absolute atomic E-state index is 0.101. The minimum Gasteiger partial charge on any atom is -0.460 e. The molecular weight excluding hydrogens is 398 g/mol. The van der Waals surface area contributed by atoms with Crippen LogP contribution >= 0.6 is 0 Å². The lowest BCUT2D eigenvalue weighted by molar-refractivity contribution is -0.214. The number of carbonyl (C=O) groups is 2. The molecule has 0 aliphatic carbocycles. The first-order valence-electron chi connectivity index (χ1n) is 11.3. The van der Waals surface area contributed by atoms with Gasteiger partial charge in [0.25, 0.3) is 0 Å². The van der Waals surface area contributed by atoms with Crippen LogP contribution in [0.4, 0.5) is 0 Å². The Labute approximate surface area is 185 Å². The van der Waals surface area contributed by atoms with E-state index >= 15 is 0 Å². The zero-order chi connectivity index (χ0) is 22.1. The van der Waals surface area contributed by atoms with E-state index in [4.69, 9.17) is 18.9 Å². The predicted octanol–water partition coefficient (Wildman–Crippen LogP) is 3.31. The molecule has 0 saturated carbocycles. The van der Waals surface area contributed by atoms with Gasteiger partial charge in [0.1, 0.15) is 6.61 Å². The van der Waals surface area contributed by atoms with Gasteiger partial charge in [0.2, 0.25) is 6.29 Å². The fraction of sp³-hybridized carbons (Fsp3) is 0.667. The van der Waals surface area contributed by atoms with E-state index in [1.165, 1.54) is 0 Å². The summed E-state index contributed by atoms with van der Waals surface area (Å²) in [6, 6.07) is 9.47.